The van der Waals surface area contributed by atoms with Gasteiger partial charge in [-0.3, -0.25) is 4.79 Å². The van der Waals surface area contributed by atoms with E-state index in [1.54, 1.807) is 17.6 Å². The number of ether oxygens (including phenoxy) is 1. The van der Waals surface area contributed by atoms with Crippen LogP contribution in [0.4, 0.5) is 0 Å². The maximum absolute atomic E-state index is 13.4. The lowest BCUT2D eigenvalue weighted by Gasteiger charge is -2.37. The number of carbonyl (C=O) groups excluding carboxylic acids is 1. The second kappa shape index (κ2) is 6.87. The van der Waals surface area contributed by atoms with E-state index >= 15 is 0 Å². The zero-order chi connectivity index (χ0) is 23.9. The van der Waals surface area contributed by atoms with Gasteiger partial charge in [-0.05, 0) is 28.8 Å². The molecule has 1 N–H and O–H groups in total. The number of fused-ring (bicyclic) bond motifs is 5. The van der Waals surface area contributed by atoms with Gasteiger partial charge >= 0.3 is 5.97 Å². The number of nitrogens with zero attached hydrogens (tertiary/aromatic N) is 2. The van der Waals surface area contributed by atoms with E-state index in [0.717, 1.165) is 22.2 Å². The molecule has 1 unspecified atom stereocenters. The van der Waals surface area contributed by atoms with Gasteiger partial charge < -0.3 is 14.4 Å². The zero-order valence-corrected chi connectivity index (χ0v) is 21.1. The third-order valence-electron chi connectivity index (χ3n) is 8.09. The van der Waals surface area contributed by atoms with Crippen molar-refractivity contribution in [3.63, 3.8) is 0 Å². The Morgan fingerprint density at radius 2 is 1.94 bits per heavy atom. The van der Waals surface area contributed by atoms with E-state index in [4.69, 9.17) is 9.72 Å². The highest BCUT2D eigenvalue weighted by atomic mass is 28.3. The monoisotopic (exact) mass is 462 g/mol. The number of para-hydroxylation sites is 1. The fourth-order valence-electron chi connectivity index (χ4n) is 4.92. The van der Waals surface area contributed by atoms with Crippen molar-refractivity contribution >= 4 is 30.1 Å². The van der Waals surface area contributed by atoms with Crippen LogP contribution in [-0.4, -0.2) is 28.7 Å². The SMILES string of the molecule is CCC1(O)C(=O)OCc2c1cc1n(c2=O)Cc2cc3cccc([Si](C)(C)C(C)(C)C)c3nc2-1. The summed E-state index contributed by atoms with van der Waals surface area (Å²) in [5.41, 5.74) is 2.02. The molecule has 0 saturated heterocycles. The molecule has 1 aromatic carbocycles. The summed E-state index contributed by atoms with van der Waals surface area (Å²) in [5.74, 6) is -0.702. The Hall–Kier alpha value is -2.77. The first kappa shape index (κ1) is 22.0. The molecule has 0 bridgehead atoms. The van der Waals surface area contributed by atoms with Gasteiger partial charge in [-0.15, -0.1) is 0 Å². The highest BCUT2D eigenvalue weighted by Gasteiger charge is 2.45. The zero-order valence-electron chi connectivity index (χ0n) is 20.1. The minimum absolute atomic E-state index is 0.114. The summed E-state index contributed by atoms with van der Waals surface area (Å²) >= 11 is 0. The number of aliphatic hydroxyl groups is 1. The Morgan fingerprint density at radius 3 is 2.61 bits per heavy atom. The van der Waals surface area contributed by atoms with Crippen molar-refractivity contribution in [1.82, 2.24) is 9.55 Å². The average Bonchev–Trinajstić information content (AvgIpc) is 3.12. The minimum Gasteiger partial charge on any atom is -0.458 e. The third-order valence-corrected chi connectivity index (χ3v) is 13.6. The highest BCUT2D eigenvalue weighted by molar-refractivity contribution is 6.93. The Labute approximate surface area is 194 Å². The molecule has 0 radical (unpaired) electrons. The van der Waals surface area contributed by atoms with Crippen molar-refractivity contribution in [3.8, 4) is 11.4 Å². The molecule has 3 aromatic rings. The molecule has 4 heterocycles. The summed E-state index contributed by atoms with van der Waals surface area (Å²) in [6.07, 6.45) is 0.134. The van der Waals surface area contributed by atoms with Crippen molar-refractivity contribution in [3.05, 3.63) is 57.4 Å². The van der Waals surface area contributed by atoms with Gasteiger partial charge in [0.1, 0.15) is 6.61 Å². The average molecular weight is 463 g/mol. The molecule has 2 aliphatic rings. The maximum Gasteiger partial charge on any atom is 0.343 e. The van der Waals surface area contributed by atoms with Crippen LogP contribution in [0.3, 0.4) is 0 Å². The van der Waals surface area contributed by atoms with Gasteiger partial charge in [0.2, 0.25) is 0 Å². The van der Waals surface area contributed by atoms with Crippen molar-refractivity contribution in [1.29, 1.82) is 0 Å². The number of benzene rings is 1. The van der Waals surface area contributed by atoms with E-state index in [1.165, 1.54) is 5.19 Å². The van der Waals surface area contributed by atoms with Crippen molar-refractivity contribution in [2.24, 2.45) is 0 Å². The van der Waals surface area contributed by atoms with Crippen LogP contribution < -0.4 is 10.7 Å². The molecule has 0 spiro atoms. The first-order chi connectivity index (χ1) is 15.4. The van der Waals surface area contributed by atoms with Crippen LogP contribution in [0, 0.1) is 0 Å². The summed E-state index contributed by atoms with van der Waals surface area (Å²) < 4.78 is 6.85. The van der Waals surface area contributed by atoms with Crippen LogP contribution in [0.25, 0.3) is 22.3 Å². The quantitative estimate of drug-likeness (QED) is 0.362. The molecule has 0 fully saturated rings. The summed E-state index contributed by atoms with van der Waals surface area (Å²) in [6.45, 7) is 13.6. The predicted molar refractivity (Wildman–Crippen MR) is 131 cm³/mol. The molecule has 2 aliphatic heterocycles. The van der Waals surface area contributed by atoms with Gasteiger partial charge in [-0.1, -0.05) is 59.0 Å². The van der Waals surface area contributed by atoms with Crippen molar-refractivity contribution in [2.75, 3.05) is 0 Å². The molecular weight excluding hydrogens is 432 g/mol. The van der Waals surface area contributed by atoms with E-state index in [0.29, 0.717) is 23.4 Å². The number of rotatable bonds is 2. The fraction of sp³-hybridized carbons (Fsp3) is 0.423. The number of aromatic nitrogens is 2. The Balaban J connectivity index is 1.79. The maximum atomic E-state index is 13.4. The second-order valence-electron chi connectivity index (χ2n) is 10.9. The van der Waals surface area contributed by atoms with E-state index in [-0.39, 0.29) is 23.6 Å². The molecule has 5 rings (SSSR count). The predicted octanol–water partition coefficient (Wildman–Crippen LogP) is 3.80. The number of pyridine rings is 2. The van der Waals surface area contributed by atoms with Crippen molar-refractivity contribution in [2.45, 2.75) is 71.0 Å². The summed E-state index contributed by atoms with van der Waals surface area (Å²) in [6, 6.07) is 10.3. The summed E-state index contributed by atoms with van der Waals surface area (Å²) in [5, 5.41) is 13.6. The lowest BCUT2D eigenvalue weighted by Crippen LogP contribution is -2.49. The number of cyclic esters (lactones) is 1. The molecule has 7 heteroatoms. The van der Waals surface area contributed by atoms with Gasteiger partial charge in [-0.25, -0.2) is 9.78 Å². The number of hydrogen-bond donors (Lipinski definition) is 1. The Kier molecular flexibility index (Phi) is 4.59. The molecule has 1 atom stereocenters. The number of carbonyl (C=O) groups is 1. The van der Waals surface area contributed by atoms with Crippen molar-refractivity contribution < 1.29 is 14.6 Å². The summed E-state index contributed by atoms with van der Waals surface area (Å²) in [7, 11) is -1.87. The third kappa shape index (κ3) is 2.91. The highest BCUT2D eigenvalue weighted by Crippen LogP contribution is 2.40. The van der Waals surface area contributed by atoms with E-state index < -0.39 is 19.6 Å². The van der Waals surface area contributed by atoms with E-state index in [9.17, 15) is 14.7 Å². The second-order valence-corrected chi connectivity index (χ2v) is 16.1. The first-order valence-electron chi connectivity index (χ1n) is 11.5. The van der Waals surface area contributed by atoms with Crippen LogP contribution >= 0.6 is 0 Å². The van der Waals surface area contributed by atoms with Crippen LogP contribution in [0.2, 0.25) is 18.1 Å². The first-order valence-corrected chi connectivity index (χ1v) is 14.5. The normalized spacial score (nSPS) is 19.8. The number of hydrogen-bond acceptors (Lipinski definition) is 5. The summed E-state index contributed by atoms with van der Waals surface area (Å²) in [4.78, 5) is 30.9. The van der Waals surface area contributed by atoms with Gasteiger partial charge in [0.05, 0.1) is 37.1 Å². The topological polar surface area (TPSA) is 81.4 Å². The molecule has 33 heavy (non-hydrogen) atoms. The molecule has 0 amide bonds. The molecular formula is C26H30N2O4Si. The van der Waals surface area contributed by atoms with Crippen LogP contribution in [-0.2, 0) is 28.3 Å². The standard InChI is InChI=1S/C26H30N2O4Si/c1-7-26(31)18-12-19-21-16(13-28(19)23(29)17(18)14-32-24(26)30)11-15-9-8-10-20(22(15)27-21)33(5,6)25(2,3)4/h8-12,31H,7,13-14H2,1-6H3. The Bertz CT molecular complexity index is 1400. The molecule has 0 saturated carbocycles. The largest absolute Gasteiger partial charge is 0.458 e. The number of esters is 1. The van der Waals surface area contributed by atoms with Crippen LogP contribution in [0.5, 0.6) is 0 Å². The van der Waals surface area contributed by atoms with Gasteiger partial charge in [0.15, 0.2) is 5.60 Å². The molecule has 0 aliphatic carbocycles. The van der Waals surface area contributed by atoms with Crippen LogP contribution in [0.15, 0.2) is 35.1 Å². The molecule has 2 aromatic heterocycles. The van der Waals surface area contributed by atoms with E-state index in [1.807, 2.05) is 0 Å². The molecule has 6 nitrogen and oxygen atoms in total. The van der Waals surface area contributed by atoms with Gasteiger partial charge in [-0.2, -0.15) is 0 Å². The van der Waals surface area contributed by atoms with Gasteiger partial charge in [0, 0.05) is 16.5 Å². The van der Waals surface area contributed by atoms with Gasteiger partial charge in [0.25, 0.3) is 5.56 Å². The molecule has 172 valence electrons. The lowest BCUT2D eigenvalue weighted by molar-refractivity contribution is -0.172. The Morgan fingerprint density at radius 1 is 1.21 bits per heavy atom. The lowest BCUT2D eigenvalue weighted by atomic mass is 9.86. The van der Waals surface area contributed by atoms with Crippen LogP contribution in [0.1, 0.15) is 50.8 Å². The smallest absolute Gasteiger partial charge is 0.343 e. The van der Waals surface area contributed by atoms with E-state index in [2.05, 4.69) is 58.1 Å². The fourth-order valence-corrected chi connectivity index (χ4v) is 7.03. The minimum atomic E-state index is -1.87.